The van der Waals surface area contributed by atoms with Crippen LogP contribution < -0.4 is 0 Å². The van der Waals surface area contributed by atoms with Crippen molar-refractivity contribution in [1.29, 1.82) is 0 Å². The van der Waals surface area contributed by atoms with Crippen LogP contribution in [0.1, 0.15) is 36.0 Å². The summed E-state index contributed by atoms with van der Waals surface area (Å²) in [4.78, 5) is 14.8. The van der Waals surface area contributed by atoms with Crippen molar-refractivity contribution in [3.63, 3.8) is 0 Å². The standard InChI is InChI=1S/2C16H21NO2S.C13H14O3S/c2*18-15-11-17(12-15)6-1-7-19-8-4-13-2-3-16-14(10-13)5-9-20-16;14-13(15)4-7-16-6-3-10-1-2-12-11(9-10)5-8-17-12/h2*2-3,5,9-10,15,18H,1,4,6-8,11-12H2;1-2,5,8-9H,3-4,6-7H2,(H,14,15). The third kappa shape index (κ3) is 14.8. The number of rotatable bonds is 20. The average molecular weight is 833 g/mol. The number of aliphatic hydroxyl groups is 2. The smallest absolute Gasteiger partial charge is 0.305 e. The van der Waals surface area contributed by atoms with Crippen molar-refractivity contribution in [2.75, 3.05) is 78.9 Å². The largest absolute Gasteiger partial charge is 0.481 e. The van der Waals surface area contributed by atoms with Crippen molar-refractivity contribution in [2.24, 2.45) is 0 Å². The number of likely N-dealkylation sites (tertiary alicyclic amines) is 2. The second-order valence-electron chi connectivity index (χ2n) is 14.6. The molecule has 6 aromatic rings. The van der Waals surface area contributed by atoms with Crippen molar-refractivity contribution < 1.29 is 34.3 Å². The van der Waals surface area contributed by atoms with Crippen molar-refractivity contribution in [3.8, 4) is 0 Å². The lowest BCUT2D eigenvalue weighted by Gasteiger charge is -2.35. The van der Waals surface area contributed by atoms with E-state index in [-0.39, 0.29) is 25.2 Å². The number of carbonyl (C=O) groups is 1. The van der Waals surface area contributed by atoms with Gasteiger partial charge in [0.15, 0.2) is 0 Å². The number of hydrogen-bond acceptors (Lipinski definition) is 11. The topological polar surface area (TPSA) is 112 Å². The summed E-state index contributed by atoms with van der Waals surface area (Å²) in [5, 5.41) is 37.1. The SMILES string of the molecule is O=C(O)CCOCCc1ccc2sccc2c1.OC1CN(CCCOCCc2ccc3sccc3c2)C1.OC1CN(CCCOCCc2ccc3sccc3c2)C1. The van der Waals surface area contributed by atoms with Crippen LogP contribution in [-0.2, 0) is 38.3 Å². The van der Waals surface area contributed by atoms with E-state index in [9.17, 15) is 15.0 Å². The Morgan fingerprint density at radius 1 is 0.544 bits per heavy atom. The number of hydrogen-bond donors (Lipinski definition) is 3. The molecule has 9 nitrogen and oxygen atoms in total. The van der Waals surface area contributed by atoms with Crippen LogP contribution in [0.4, 0.5) is 0 Å². The van der Waals surface area contributed by atoms with E-state index in [0.717, 1.165) is 97.8 Å². The van der Waals surface area contributed by atoms with Gasteiger partial charge in [0.25, 0.3) is 0 Å². The highest BCUT2D eigenvalue weighted by Crippen LogP contribution is 2.24. The highest BCUT2D eigenvalue weighted by molar-refractivity contribution is 7.17. The minimum Gasteiger partial charge on any atom is -0.481 e. The number of aliphatic carboxylic acids is 1. The molecular weight excluding hydrogens is 777 g/mol. The zero-order valence-corrected chi connectivity index (χ0v) is 35.1. The number of aliphatic hydroxyl groups excluding tert-OH is 2. The van der Waals surface area contributed by atoms with Gasteiger partial charge in [0.05, 0.1) is 45.1 Å². The molecule has 306 valence electrons. The molecule has 0 spiro atoms. The fraction of sp³-hybridized carbons (Fsp3) is 0.444. The first-order valence-electron chi connectivity index (χ1n) is 20.0. The van der Waals surface area contributed by atoms with Gasteiger partial charge in [-0.1, -0.05) is 36.4 Å². The van der Waals surface area contributed by atoms with Gasteiger partial charge >= 0.3 is 5.97 Å². The molecule has 2 fully saturated rings. The van der Waals surface area contributed by atoms with Gasteiger partial charge in [0.1, 0.15) is 0 Å². The number of ether oxygens (including phenoxy) is 3. The van der Waals surface area contributed by atoms with Gasteiger partial charge in [-0.05, 0) is 117 Å². The molecule has 0 bridgehead atoms. The third-order valence-corrected chi connectivity index (χ3v) is 12.7. The van der Waals surface area contributed by atoms with Gasteiger partial charge < -0.3 is 29.5 Å². The second kappa shape index (κ2) is 23.4. The molecule has 3 aromatic heterocycles. The number of benzene rings is 3. The quantitative estimate of drug-likeness (QED) is 0.0660. The van der Waals surface area contributed by atoms with Crippen molar-refractivity contribution in [1.82, 2.24) is 9.80 Å². The molecule has 0 unspecified atom stereocenters. The first kappa shape index (κ1) is 43.3. The zero-order valence-electron chi connectivity index (χ0n) is 32.6. The second-order valence-corrected chi connectivity index (χ2v) is 17.5. The first-order valence-corrected chi connectivity index (χ1v) is 22.7. The Labute approximate surface area is 348 Å². The fourth-order valence-electron chi connectivity index (χ4n) is 6.78. The molecule has 8 rings (SSSR count). The predicted molar refractivity (Wildman–Crippen MR) is 235 cm³/mol. The molecule has 0 saturated carbocycles. The van der Waals surface area contributed by atoms with E-state index >= 15 is 0 Å². The molecule has 0 amide bonds. The normalized spacial score (nSPS) is 14.9. The Balaban J connectivity index is 0.000000145. The summed E-state index contributed by atoms with van der Waals surface area (Å²) in [7, 11) is 0. The van der Waals surface area contributed by atoms with E-state index in [0.29, 0.717) is 6.61 Å². The molecule has 5 heterocycles. The van der Waals surface area contributed by atoms with Crippen LogP contribution in [0.25, 0.3) is 30.3 Å². The Kier molecular flexibility index (Phi) is 17.7. The maximum absolute atomic E-state index is 10.3. The Morgan fingerprint density at radius 3 is 1.26 bits per heavy atom. The molecule has 3 aromatic carbocycles. The summed E-state index contributed by atoms with van der Waals surface area (Å²) in [6.45, 7) is 9.48. The summed E-state index contributed by atoms with van der Waals surface area (Å²) in [5.41, 5.74) is 3.93. The lowest BCUT2D eigenvalue weighted by molar-refractivity contribution is -0.138. The van der Waals surface area contributed by atoms with Gasteiger partial charge in [-0.25, -0.2) is 0 Å². The minimum atomic E-state index is -0.815. The first-order chi connectivity index (χ1) is 27.9. The molecule has 3 N–H and O–H groups in total. The number of carboxylic acid groups (broad SMARTS) is 1. The molecule has 0 radical (unpaired) electrons. The maximum atomic E-state index is 10.3. The van der Waals surface area contributed by atoms with Crippen LogP contribution in [0.2, 0.25) is 0 Å². The van der Waals surface area contributed by atoms with Gasteiger partial charge in [-0.15, -0.1) is 34.0 Å². The summed E-state index contributed by atoms with van der Waals surface area (Å²) < 4.78 is 20.6. The summed E-state index contributed by atoms with van der Waals surface area (Å²) >= 11 is 5.31. The number of carboxylic acids is 1. The van der Waals surface area contributed by atoms with Crippen LogP contribution in [0.3, 0.4) is 0 Å². The molecule has 2 saturated heterocycles. The molecule has 12 heteroatoms. The van der Waals surface area contributed by atoms with Crippen LogP contribution in [0, 0.1) is 0 Å². The van der Waals surface area contributed by atoms with Crippen molar-refractivity contribution in [3.05, 3.63) is 106 Å². The van der Waals surface area contributed by atoms with E-state index in [1.807, 2.05) is 0 Å². The molecular formula is C45H56N2O7S3. The number of fused-ring (bicyclic) bond motifs is 3. The van der Waals surface area contributed by atoms with Gasteiger partial charge in [-0.3, -0.25) is 14.6 Å². The van der Waals surface area contributed by atoms with Gasteiger partial charge in [-0.2, -0.15) is 0 Å². The van der Waals surface area contributed by atoms with Crippen LogP contribution in [-0.4, -0.2) is 122 Å². The third-order valence-electron chi connectivity index (χ3n) is 10.0. The number of thiophene rings is 3. The van der Waals surface area contributed by atoms with E-state index in [1.54, 1.807) is 34.0 Å². The van der Waals surface area contributed by atoms with Crippen molar-refractivity contribution >= 4 is 70.2 Å². The highest BCUT2D eigenvalue weighted by atomic mass is 32.1. The van der Waals surface area contributed by atoms with Gasteiger partial charge in [0, 0.05) is 66.6 Å². The van der Waals surface area contributed by atoms with Crippen molar-refractivity contribution in [2.45, 2.75) is 50.7 Å². The minimum absolute atomic E-state index is 0.0730. The van der Waals surface area contributed by atoms with E-state index in [1.165, 1.54) is 46.9 Å². The monoisotopic (exact) mass is 832 g/mol. The average Bonchev–Trinajstić information content (AvgIpc) is 3.97. The highest BCUT2D eigenvalue weighted by Gasteiger charge is 2.23. The van der Waals surface area contributed by atoms with Gasteiger partial charge in [0.2, 0.25) is 0 Å². The number of β-amino-alcohol motifs (C(OH)–C–C–N with tert-alkyl or cyclic N) is 2. The summed E-state index contributed by atoms with van der Waals surface area (Å²) in [5.74, 6) is -0.815. The lowest BCUT2D eigenvalue weighted by Crippen LogP contribution is -2.50. The Bertz CT molecular complexity index is 1970. The zero-order chi connectivity index (χ0) is 39.7. The molecule has 2 aliphatic rings. The Hall–Kier alpha value is -3.27. The lowest BCUT2D eigenvalue weighted by atomic mass is 10.1. The van der Waals surface area contributed by atoms with Crippen LogP contribution >= 0.6 is 34.0 Å². The maximum Gasteiger partial charge on any atom is 0.305 e. The van der Waals surface area contributed by atoms with Crippen LogP contribution in [0.15, 0.2) is 88.9 Å². The van der Waals surface area contributed by atoms with E-state index in [2.05, 4.69) is 98.7 Å². The molecule has 0 atom stereocenters. The summed E-state index contributed by atoms with van der Waals surface area (Å²) in [6, 6.07) is 26.1. The summed E-state index contributed by atoms with van der Waals surface area (Å²) in [6.07, 6.45) is 4.77. The Morgan fingerprint density at radius 2 is 0.912 bits per heavy atom. The number of nitrogens with zero attached hydrogens (tertiary/aromatic N) is 2. The molecule has 2 aliphatic heterocycles. The predicted octanol–water partition coefficient (Wildman–Crippen LogP) is 7.99. The fourth-order valence-corrected chi connectivity index (χ4v) is 9.09. The van der Waals surface area contributed by atoms with Crippen LogP contribution in [0.5, 0.6) is 0 Å². The van der Waals surface area contributed by atoms with E-state index < -0.39 is 5.97 Å². The molecule has 57 heavy (non-hydrogen) atoms. The van der Waals surface area contributed by atoms with E-state index in [4.69, 9.17) is 19.3 Å². The molecule has 0 aliphatic carbocycles.